The van der Waals surface area contributed by atoms with Gasteiger partial charge in [0, 0.05) is 18.3 Å². The molecule has 0 spiro atoms. The van der Waals surface area contributed by atoms with Crippen molar-refractivity contribution in [1.29, 1.82) is 0 Å². The van der Waals surface area contributed by atoms with E-state index in [1.54, 1.807) is 31.2 Å². The molecule has 0 aromatic carbocycles. The van der Waals surface area contributed by atoms with Crippen molar-refractivity contribution in [3.05, 3.63) is 36.6 Å². The molecule has 0 saturated heterocycles. The van der Waals surface area contributed by atoms with Gasteiger partial charge in [-0.05, 0) is 13.0 Å². The molecule has 0 heterocycles. The molecule has 0 aromatic heterocycles. The minimum Gasteiger partial charge on any atom is -0.395 e. The van der Waals surface area contributed by atoms with Crippen LogP contribution in [0.4, 0.5) is 4.79 Å². The highest BCUT2D eigenvalue weighted by molar-refractivity contribution is 5.75. The maximum absolute atomic E-state index is 11.3. The fourth-order valence-electron chi connectivity index (χ4n) is 0.832. The zero-order chi connectivity index (χ0) is 16.4. The van der Waals surface area contributed by atoms with E-state index in [1.807, 2.05) is 27.7 Å². The first-order valence-electron chi connectivity index (χ1n) is 6.97. The molecular formula is C15H31N3O2. The van der Waals surface area contributed by atoms with Crippen LogP contribution in [0, 0.1) is 0 Å². The Bertz CT molecular complexity index is 287. The molecule has 0 saturated carbocycles. The normalized spacial score (nSPS) is 11.4. The van der Waals surface area contributed by atoms with Gasteiger partial charge in [-0.3, -0.25) is 0 Å². The van der Waals surface area contributed by atoms with Gasteiger partial charge in [-0.1, -0.05) is 52.5 Å². The van der Waals surface area contributed by atoms with Gasteiger partial charge in [0.25, 0.3) is 0 Å². The van der Waals surface area contributed by atoms with Crippen LogP contribution in [0.3, 0.4) is 0 Å². The first-order valence-corrected chi connectivity index (χ1v) is 6.97. The molecule has 5 nitrogen and oxygen atoms in total. The van der Waals surface area contributed by atoms with E-state index in [4.69, 9.17) is 10.8 Å². The second-order valence-electron chi connectivity index (χ2n) is 3.25. The molecule has 0 rings (SSSR count). The first-order chi connectivity index (χ1) is 9.60. The second kappa shape index (κ2) is 19.7. The lowest BCUT2D eigenvalue weighted by atomic mass is 10.3. The summed E-state index contributed by atoms with van der Waals surface area (Å²) in [6, 6.07) is -0.777. The summed E-state index contributed by atoms with van der Waals surface area (Å²) in [5.74, 6) is 0. The number of rotatable bonds is 6. The molecule has 0 aromatic rings. The summed E-state index contributed by atoms with van der Waals surface area (Å²) >= 11 is 0. The average molecular weight is 285 g/mol. The zero-order valence-corrected chi connectivity index (χ0v) is 13.4. The van der Waals surface area contributed by atoms with Crippen LogP contribution in [0.15, 0.2) is 36.6 Å². The van der Waals surface area contributed by atoms with Crippen molar-refractivity contribution < 1.29 is 9.90 Å². The Morgan fingerprint density at radius 3 is 2.30 bits per heavy atom. The fourth-order valence-corrected chi connectivity index (χ4v) is 0.832. The summed E-state index contributed by atoms with van der Waals surface area (Å²) < 4.78 is 0. The Kier molecular flexibility index (Phi) is 23.2. The van der Waals surface area contributed by atoms with Crippen LogP contribution in [-0.2, 0) is 0 Å². The number of nitrogens with two attached hydrogens (primary N) is 1. The Hall–Kier alpha value is -1.59. The maximum atomic E-state index is 11.3. The first kappa shape index (κ1) is 23.5. The number of allylic oxidation sites excluding steroid dienone is 5. The van der Waals surface area contributed by atoms with Crippen LogP contribution >= 0.6 is 0 Å². The Morgan fingerprint density at radius 2 is 1.85 bits per heavy atom. The smallest absolute Gasteiger partial charge is 0.319 e. The molecule has 0 aliphatic rings. The molecule has 1 unspecified atom stereocenters. The van der Waals surface area contributed by atoms with Crippen molar-refractivity contribution in [3.8, 4) is 0 Å². The minimum atomic E-state index is -0.435. The molecule has 0 bridgehead atoms. The summed E-state index contributed by atoms with van der Waals surface area (Å²) in [7, 11) is 0. The molecule has 0 radical (unpaired) electrons. The van der Waals surface area contributed by atoms with Gasteiger partial charge in [0.1, 0.15) is 0 Å². The highest BCUT2D eigenvalue weighted by Gasteiger charge is 2.03. The van der Waals surface area contributed by atoms with Gasteiger partial charge in [0.15, 0.2) is 0 Å². The maximum Gasteiger partial charge on any atom is 0.319 e. The summed E-state index contributed by atoms with van der Waals surface area (Å²) in [4.78, 5) is 11.3. The standard InChI is InChI=1S/C11H19N3O2.2C2H6/c1-3-4-5-6-9(2)14-11(16)13-7-10(12)8-15;2*1-2/h3-6,10,15H,1,7-8,12H2,2H3,(H2,13,14,16);2*1-2H3/b5-4-,9-6+;;. The molecule has 0 aliphatic carbocycles. The number of aliphatic hydroxyl groups excluding tert-OH is 1. The predicted octanol–water partition coefficient (Wildman–Crippen LogP) is 2.30. The fraction of sp³-hybridized carbons (Fsp3) is 0.533. The largest absolute Gasteiger partial charge is 0.395 e. The van der Waals surface area contributed by atoms with Crippen molar-refractivity contribution in [2.24, 2.45) is 5.73 Å². The van der Waals surface area contributed by atoms with E-state index in [9.17, 15) is 4.79 Å². The molecule has 5 heteroatoms. The number of hydrogen-bond acceptors (Lipinski definition) is 3. The van der Waals surface area contributed by atoms with E-state index >= 15 is 0 Å². The number of urea groups is 1. The Balaban J connectivity index is -0.000000656. The van der Waals surface area contributed by atoms with E-state index in [2.05, 4.69) is 17.2 Å². The number of carbonyl (C=O) groups is 1. The lowest BCUT2D eigenvalue weighted by molar-refractivity contribution is 0.236. The second-order valence-corrected chi connectivity index (χ2v) is 3.25. The summed E-state index contributed by atoms with van der Waals surface area (Å²) in [6.45, 7) is 13.4. The lowest BCUT2D eigenvalue weighted by Crippen LogP contribution is -2.43. The SMILES string of the molecule is C=C/C=C\C=C(/C)NC(=O)NCC(N)CO.CC.CC. The highest BCUT2D eigenvalue weighted by Crippen LogP contribution is 1.88. The predicted molar refractivity (Wildman–Crippen MR) is 87.4 cm³/mol. The van der Waals surface area contributed by atoms with E-state index in [0.29, 0.717) is 5.70 Å². The summed E-state index contributed by atoms with van der Waals surface area (Å²) in [5, 5.41) is 13.8. The van der Waals surface area contributed by atoms with E-state index in [-0.39, 0.29) is 19.2 Å². The van der Waals surface area contributed by atoms with Crippen LogP contribution in [-0.4, -0.2) is 30.3 Å². The van der Waals surface area contributed by atoms with Crippen LogP contribution in [0.2, 0.25) is 0 Å². The van der Waals surface area contributed by atoms with Crippen molar-refractivity contribution in [1.82, 2.24) is 10.6 Å². The van der Waals surface area contributed by atoms with Gasteiger partial charge >= 0.3 is 6.03 Å². The van der Waals surface area contributed by atoms with Crippen molar-refractivity contribution >= 4 is 6.03 Å². The minimum absolute atomic E-state index is 0.156. The Labute approximate surface area is 123 Å². The molecule has 0 fully saturated rings. The van der Waals surface area contributed by atoms with Crippen molar-refractivity contribution in [2.45, 2.75) is 40.7 Å². The summed E-state index contributed by atoms with van der Waals surface area (Å²) in [6.07, 6.45) is 6.91. The zero-order valence-electron chi connectivity index (χ0n) is 13.4. The third-order valence-electron chi connectivity index (χ3n) is 1.66. The molecule has 1 atom stereocenters. The molecule has 0 aliphatic heterocycles. The Morgan fingerprint density at radius 1 is 1.30 bits per heavy atom. The molecule has 2 amide bonds. The van der Waals surface area contributed by atoms with Gasteiger partial charge in [-0.15, -0.1) is 0 Å². The number of aliphatic hydroxyl groups is 1. The van der Waals surface area contributed by atoms with Gasteiger partial charge in [-0.2, -0.15) is 0 Å². The van der Waals surface area contributed by atoms with E-state index < -0.39 is 6.04 Å². The van der Waals surface area contributed by atoms with E-state index in [0.717, 1.165) is 0 Å². The van der Waals surface area contributed by atoms with Gasteiger partial charge in [0.2, 0.25) is 0 Å². The number of amides is 2. The van der Waals surface area contributed by atoms with Gasteiger partial charge in [0.05, 0.1) is 6.61 Å². The highest BCUT2D eigenvalue weighted by atomic mass is 16.3. The van der Waals surface area contributed by atoms with Crippen LogP contribution in [0.1, 0.15) is 34.6 Å². The summed E-state index contributed by atoms with van der Waals surface area (Å²) in [5.41, 5.74) is 6.12. The van der Waals surface area contributed by atoms with E-state index in [1.165, 1.54) is 0 Å². The monoisotopic (exact) mass is 285 g/mol. The number of carbonyl (C=O) groups excluding carboxylic acids is 1. The quantitative estimate of drug-likeness (QED) is 0.565. The number of nitrogens with one attached hydrogen (secondary N) is 2. The van der Waals surface area contributed by atoms with Crippen molar-refractivity contribution in [2.75, 3.05) is 13.2 Å². The average Bonchev–Trinajstić information content (AvgIpc) is 2.49. The third kappa shape index (κ3) is 18.8. The molecule has 118 valence electrons. The molecular weight excluding hydrogens is 254 g/mol. The topological polar surface area (TPSA) is 87.4 Å². The van der Waals surface area contributed by atoms with Gasteiger partial charge in [-0.25, -0.2) is 4.79 Å². The molecule has 20 heavy (non-hydrogen) atoms. The third-order valence-corrected chi connectivity index (χ3v) is 1.66. The molecule has 5 N–H and O–H groups in total. The lowest BCUT2D eigenvalue weighted by Gasteiger charge is -2.10. The number of hydrogen-bond donors (Lipinski definition) is 4. The van der Waals surface area contributed by atoms with Crippen LogP contribution in [0.25, 0.3) is 0 Å². The van der Waals surface area contributed by atoms with Crippen LogP contribution in [0.5, 0.6) is 0 Å². The van der Waals surface area contributed by atoms with Crippen LogP contribution < -0.4 is 16.4 Å². The van der Waals surface area contributed by atoms with Crippen molar-refractivity contribution in [3.63, 3.8) is 0 Å². The van der Waals surface area contributed by atoms with Gasteiger partial charge < -0.3 is 21.5 Å².